The number of amides is 1. The van der Waals surface area contributed by atoms with E-state index < -0.39 is 0 Å². The largest absolute Gasteiger partial charge is 0.362 e. The van der Waals surface area contributed by atoms with E-state index in [0.29, 0.717) is 10.1 Å². The second-order valence-electron chi connectivity index (χ2n) is 5.38. The van der Waals surface area contributed by atoms with E-state index in [2.05, 4.69) is 34.3 Å². The molecule has 0 saturated carbocycles. The Bertz CT molecular complexity index is 730. The van der Waals surface area contributed by atoms with Gasteiger partial charge in [0.2, 0.25) is 0 Å². The van der Waals surface area contributed by atoms with E-state index in [-0.39, 0.29) is 5.91 Å². The van der Waals surface area contributed by atoms with Gasteiger partial charge in [-0.15, -0.1) is 0 Å². The third-order valence-electron chi connectivity index (χ3n) is 3.55. The summed E-state index contributed by atoms with van der Waals surface area (Å²) in [6.07, 6.45) is 7.16. The predicted octanol–water partition coefficient (Wildman–Crippen LogP) is 4.25. The molecule has 1 amide bonds. The Kier molecular flexibility index (Phi) is 4.98. The van der Waals surface area contributed by atoms with Crippen molar-refractivity contribution in [1.82, 2.24) is 10.3 Å². The zero-order chi connectivity index (χ0) is 16.1. The maximum Gasteiger partial charge on any atom is 0.264 e. The number of aryl methyl sites for hydroxylation is 1. The molecule has 5 heteroatoms. The van der Waals surface area contributed by atoms with Gasteiger partial charge in [0, 0.05) is 11.9 Å². The summed E-state index contributed by atoms with van der Waals surface area (Å²) in [6, 6.07) is 12.0. The van der Waals surface area contributed by atoms with Crippen LogP contribution >= 0.6 is 11.8 Å². The summed E-state index contributed by atoms with van der Waals surface area (Å²) in [7, 11) is 0. The fraction of sp³-hybridized carbons (Fsp3) is 0.222. The van der Waals surface area contributed by atoms with Gasteiger partial charge in [0.15, 0.2) is 5.17 Å². The summed E-state index contributed by atoms with van der Waals surface area (Å²) in [5, 5.41) is 3.43. The van der Waals surface area contributed by atoms with Crippen LogP contribution in [0.2, 0.25) is 0 Å². The number of benzene rings is 1. The van der Waals surface area contributed by atoms with Gasteiger partial charge < -0.3 is 10.3 Å². The normalized spacial score (nSPS) is 17.9. The van der Waals surface area contributed by atoms with Gasteiger partial charge in [-0.05, 0) is 60.5 Å². The molecule has 2 aromatic rings. The first-order chi connectivity index (χ1) is 11.2. The number of aliphatic imine (C=N–C) groups is 1. The lowest BCUT2D eigenvalue weighted by atomic mass is 10.1. The van der Waals surface area contributed by atoms with Crippen LogP contribution in [0.3, 0.4) is 0 Å². The van der Waals surface area contributed by atoms with Crippen molar-refractivity contribution in [1.29, 1.82) is 0 Å². The second kappa shape index (κ2) is 7.33. The van der Waals surface area contributed by atoms with Crippen molar-refractivity contribution < 1.29 is 4.79 Å². The minimum Gasteiger partial charge on any atom is -0.362 e. The zero-order valence-electron chi connectivity index (χ0n) is 13.0. The number of nitrogens with zero attached hydrogens (tertiary/aromatic N) is 1. The van der Waals surface area contributed by atoms with Gasteiger partial charge in [0.1, 0.15) is 0 Å². The molecule has 0 unspecified atom stereocenters. The molecule has 1 aliphatic rings. The number of carbonyl (C=O) groups is 1. The molecule has 118 valence electrons. The summed E-state index contributed by atoms with van der Waals surface area (Å²) in [4.78, 5) is 20.2. The van der Waals surface area contributed by atoms with Gasteiger partial charge >= 0.3 is 0 Å². The first-order valence-electron chi connectivity index (χ1n) is 7.76. The van der Waals surface area contributed by atoms with E-state index in [1.54, 1.807) is 0 Å². The van der Waals surface area contributed by atoms with Gasteiger partial charge in [-0.25, -0.2) is 4.99 Å². The predicted molar refractivity (Wildman–Crippen MR) is 96.7 cm³/mol. The van der Waals surface area contributed by atoms with Crippen LogP contribution in [0.5, 0.6) is 0 Å². The minimum absolute atomic E-state index is 0.108. The molecule has 2 N–H and O–H groups in total. The zero-order valence-corrected chi connectivity index (χ0v) is 13.8. The van der Waals surface area contributed by atoms with Crippen molar-refractivity contribution in [2.24, 2.45) is 4.99 Å². The highest BCUT2D eigenvalue weighted by molar-refractivity contribution is 8.18. The van der Waals surface area contributed by atoms with Crippen molar-refractivity contribution in [3.63, 3.8) is 0 Å². The summed E-state index contributed by atoms with van der Waals surface area (Å²) >= 11 is 1.36. The molecule has 0 aliphatic carbocycles. The molecule has 0 atom stereocenters. The maximum absolute atomic E-state index is 12.0. The minimum atomic E-state index is -0.108. The first kappa shape index (κ1) is 15.6. The topological polar surface area (TPSA) is 57.2 Å². The Balaban J connectivity index is 1.70. The van der Waals surface area contributed by atoms with Gasteiger partial charge in [-0.3, -0.25) is 4.79 Å². The number of unbranched alkanes of at least 4 members (excludes halogenated alkanes) is 1. The van der Waals surface area contributed by atoms with Gasteiger partial charge in [-0.2, -0.15) is 0 Å². The Labute approximate surface area is 140 Å². The highest BCUT2D eigenvalue weighted by Crippen LogP contribution is 2.27. The molecule has 1 aliphatic heterocycles. The van der Waals surface area contributed by atoms with Gasteiger partial charge in [0.25, 0.3) is 5.91 Å². The first-order valence-corrected chi connectivity index (χ1v) is 8.58. The number of thioether (sulfide) groups is 1. The van der Waals surface area contributed by atoms with E-state index in [1.165, 1.54) is 30.2 Å². The average molecular weight is 325 g/mol. The number of amidine groups is 1. The Morgan fingerprint density at radius 3 is 2.74 bits per heavy atom. The number of aromatic amines is 1. The summed E-state index contributed by atoms with van der Waals surface area (Å²) < 4.78 is 0. The molecule has 0 bridgehead atoms. The molecule has 1 fully saturated rings. The molecule has 3 rings (SSSR count). The standard InChI is InChI=1S/C18H19N3OS/c1-2-3-5-13-7-9-14(10-8-13)20-18-21-17(22)16(23-18)12-15-6-4-11-19-15/h4,6-12,19H,2-3,5H2,1H3,(H,20,21,22). The molecule has 4 nitrogen and oxygen atoms in total. The molecule has 0 spiro atoms. The smallest absolute Gasteiger partial charge is 0.264 e. The van der Waals surface area contributed by atoms with Crippen LogP contribution in [0.4, 0.5) is 5.69 Å². The monoisotopic (exact) mass is 325 g/mol. The fourth-order valence-electron chi connectivity index (χ4n) is 2.29. The van der Waals surface area contributed by atoms with E-state index in [4.69, 9.17) is 0 Å². The van der Waals surface area contributed by atoms with E-state index >= 15 is 0 Å². The lowest BCUT2D eigenvalue weighted by Crippen LogP contribution is -2.19. The molecule has 0 radical (unpaired) electrons. The number of nitrogens with one attached hydrogen (secondary N) is 2. The van der Waals surface area contributed by atoms with Crippen molar-refractivity contribution in [3.8, 4) is 0 Å². The summed E-state index contributed by atoms with van der Waals surface area (Å²) in [5.41, 5.74) is 3.09. The fourth-order valence-corrected chi connectivity index (χ4v) is 3.12. The van der Waals surface area contributed by atoms with Crippen LogP contribution in [0.15, 0.2) is 52.5 Å². The maximum atomic E-state index is 12.0. The SMILES string of the molecule is CCCCc1ccc(N=C2NC(=O)C(=Cc3ccc[nH]3)S2)cc1. The molecule has 23 heavy (non-hydrogen) atoms. The van der Waals surface area contributed by atoms with E-state index in [0.717, 1.165) is 17.8 Å². The molecule has 1 saturated heterocycles. The highest BCUT2D eigenvalue weighted by atomic mass is 32.2. The second-order valence-corrected chi connectivity index (χ2v) is 6.41. The number of aromatic nitrogens is 1. The lowest BCUT2D eigenvalue weighted by Gasteiger charge is -2.01. The molecule has 1 aromatic carbocycles. The Hall–Kier alpha value is -2.27. The van der Waals surface area contributed by atoms with Crippen molar-refractivity contribution in [2.45, 2.75) is 26.2 Å². The van der Waals surface area contributed by atoms with Crippen LogP contribution < -0.4 is 5.32 Å². The van der Waals surface area contributed by atoms with Crippen LogP contribution in [0, 0.1) is 0 Å². The average Bonchev–Trinajstić information content (AvgIpc) is 3.17. The molecule has 1 aromatic heterocycles. The summed E-state index contributed by atoms with van der Waals surface area (Å²) in [6.45, 7) is 2.19. The quantitative estimate of drug-likeness (QED) is 0.808. The van der Waals surface area contributed by atoms with Crippen molar-refractivity contribution in [2.75, 3.05) is 0 Å². The molecule has 2 heterocycles. The van der Waals surface area contributed by atoms with Gasteiger partial charge in [0.05, 0.1) is 10.6 Å². The van der Waals surface area contributed by atoms with E-state index in [1.807, 2.05) is 36.5 Å². The molecular formula is C18H19N3OS. The van der Waals surface area contributed by atoms with Crippen molar-refractivity contribution >= 4 is 34.6 Å². The third kappa shape index (κ3) is 4.13. The lowest BCUT2D eigenvalue weighted by molar-refractivity contribution is -0.115. The van der Waals surface area contributed by atoms with Crippen molar-refractivity contribution in [3.05, 3.63) is 58.8 Å². The van der Waals surface area contributed by atoms with Crippen LogP contribution in [0.1, 0.15) is 31.0 Å². The summed E-state index contributed by atoms with van der Waals surface area (Å²) in [5.74, 6) is -0.108. The highest BCUT2D eigenvalue weighted by Gasteiger charge is 2.23. The number of carbonyl (C=O) groups excluding carboxylic acids is 1. The Morgan fingerprint density at radius 1 is 1.22 bits per heavy atom. The molecular weight excluding hydrogens is 306 g/mol. The Morgan fingerprint density at radius 2 is 2.04 bits per heavy atom. The number of hydrogen-bond donors (Lipinski definition) is 2. The number of rotatable bonds is 5. The van der Waals surface area contributed by atoms with Gasteiger partial charge in [-0.1, -0.05) is 25.5 Å². The van der Waals surface area contributed by atoms with Crippen LogP contribution in [0.25, 0.3) is 6.08 Å². The third-order valence-corrected chi connectivity index (χ3v) is 4.46. The number of H-pyrrole nitrogens is 1. The van der Waals surface area contributed by atoms with Crippen LogP contribution in [-0.4, -0.2) is 16.1 Å². The van der Waals surface area contributed by atoms with E-state index in [9.17, 15) is 4.79 Å². The number of hydrogen-bond acceptors (Lipinski definition) is 3. The van der Waals surface area contributed by atoms with Crippen LogP contribution in [-0.2, 0) is 11.2 Å².